The Hall–Kier alpha value is -0.530. The highest BCUT2D eigenvalue weighted by molar-refractivity contribution is 5.82. The zero-order chi connectivity index (χ0) is 9.09. The van der Waals surface area contributed by atoms with Crippen LogP contribution in [0.5, 0.6) is 0 Å². The van der Waals surface area contributed by atoms with Gasteiger partial charge in [0.1, 0.15) is 18.6 Å². The number of nitrogens with one attached hydrogen (secondary N) is 1. The molecule has 0 aromatic rings. The quantitative estimate of drug-likeness (QED) is 0.464. The van der Waals surface area contributed by atoms with Crippen LogP contribution in [0.2, 0.25) is 1.41 Å². The van der Waals surface area contributed by atoms with Crippen LogP contribution in [0.4, 0.5) is 0 Å². The lowest BCUT2D eigenvalue weighted by Gasteiger charge is -2.31. The van der Waals surface area contributed by atoms with Crippen LogP contribution in [0, 0.1) is 0 Å². The molecular weight excluding hydrogens is 112 g/mol. The molecule has 0 aliphatic carbocycles. The van der Waals surface area contributed by atoms with Crippen molar-refractivity contribution in [2.24, 2.45) is 0 Å². The fraction of sp³-hybridized carbons (Fsp3) is 0.857. The SMILES string of the molecule is [3H]C1C([3H])[N+]2=C(CC2(C)C)N1[3H]. The summed E-state index contributed by atoms with van der Waals surface area (Å²) >= 11 is 0. The minimum Gasteiger partial charge on any atom is -0.274 e. The van der Waals surface area contributed by atoms with Crippen LogP contribution in [0.1, 0.15) is 23.0 Å². The second kappa shape index (κ2) is 1.31. The summed E-state index contributed by atoms with van der Waals surface area (Å²) in [6, 6.07) is 0. The fourth-order valence-electron chi connectivity index (χ4n) is 1.40. The van der Waals surface area contributed by atoms with Crippen LogP contribution in [0.3, 0.4) is 0 Å². The minimum atomic E-state index is -0.734. The molecule has 0 aromatic heterocycles. The van der Waals surface area contributed by atoms with Crippen LogP contribution in [-0.2, 0) is 0 Å². The van der Waals surface area contributed by atoms with Gasteiger partial charge in [-0.25, -0.2) is 0 Å². The Morgan fingerprint density at radius 2 is 2.67 bits per heavy atom. The van der Waals surface area contributed by atoms with E-state index in [1.807, 2.05) is 18.4 Å². The molecule has 0 aromatic carbocycles. The molecule has 2 heteroatoms. The monoisotopic (exact) mass is 131 g/mol. The van der Waals surface area contributed by atoms with Gasteiger partial charge in [-0.1, -0.05) is 0 Å². The van der Waals surface area contributed by atoms with E-state index in [0.29, 0.717) is 0 Å². The summed E-state index contributed by atoms with van der Waals surface area (Å²) in [5.41, 5.74) is -0.0170. The molecule has 0 saturated carbocycles. The van der Waals surface area contributed by atoms with Gasteiger partial charge in [0.2, 0.25) is 5.84 Å². The summed E-state index contributed by atoms with van der Waals surface area (Å²) in [5.74, 6) is 0.833. The van der Waals surface area contributed by atoms with Crippen molar-refractivity contribution in [1.82, 2.24) is 5.31 Å². The highest BCUT2D eigenvalue weighted by atomic mass is 15.3. The van der Waals surface area contributed by atoms with E-state index in [1.165, 1.54) is 0 Å². The number of hydrogen-bond acceptors (Lipinski definition) is 1. The normalized spacial score (nSPS) is 51.3. The zero-order valence-corrected chi connectivity index (χ0v) is 5.76. The minimum absolute atomic E-state index is 0.0170. The van der Waals surface area contributed by atoms with E-state index >= 15 is 0 Å². The summed E-state index contributed by atoms with van der Waals surface area (Å²) in [7, 11) is 0. The lowest BCUT2D eigenvalue weighted by Crippen LogP contribution is -2.51. The number of hydrogen-bond donors (Lipinski definition) is 1. The van der Waals surface area contributed by atoms with Crippen molar-refractivity contribution in [3.05, 3.63) is 0 Å². The van der Waals surface area contributed by atoms with Gasteiger partial charge in [-0.3, -0.25) is 9.89 Å². The Morgan fingerprint density at radius 3 is 3.11 bits per heavy atom. The van der Waals surface area contributed by atoms with Crippen LogP contribution in [0.25, 0.3) is 0 Å². The number of amidine groups is 1. The molecule has 0 bridgehead atoms. The van der Waals surface area contributed by atoms with Crippen molar-refractivity contribution in [3.8, 4) is 0 Å². The van der Waals surface area contributed by atoms with Crippen molar-refractivity contribution >= 4 is 5.84 Å². The van der Waals surface area contributed by atoms with Gasteiger partial charge in [0.05, 0.1) is 9.16 Å². The maximum absolute atomic E-state index is 7.67. The van der Waals surface area contributed by atoms with E-state index in [2.05, 4.69) is 0 Å². The topological polar surface area (TPSA) is 15.0 Å². The van der Waals surface area contributed by atoms with Crippen molar-refractivity contribution < 1.29 is 8.73 Å². The second-order valence-electron chi connectivity index (χ2n) is 3.20. The van der Waals surface area contributed by atoms with E-state index in [9.17, 15) is 0 Å². The summed E-state index contributed by atoms with van der Waals surface area (Å²) in [4.78, 5) is 0. The summed E-state index contributed by atoms with van der Waals surface area (Å²) in [6.07, 6.45) is 0.821. The predicted molar refractivity (Wildman–Crippen MR) is 36.8 cm³/mol. The Morgan fingerprint density at radius 1 is 1.89 bits per heavy atom. The van der Waals surface area contributed by atoms with Gasteiger partial charge in [0.25, 0.3) is 0 Å². The van der Waals surface area contributed by atoms with Gasteiger partial charge in [-0.2, -0.15) is 0 Å². The van der Waals surface area contributed by atoms with Gasteiger partial charge in [0.15, 0.2) is 0 Å². The third-order valence-corrected chi connectivity index (χ3v) is 1.96. The Labute approximate surface area is 59.8 Å². The molecule has 50 valence electrons. The van der Waals surface area contributed by atoms with Crippen LogP contribution >= 0.6 is 0 Å². The smallest absolute Gasteiger partial charge is 0.274 e. The highest BCUT2D eigenvalue weighted by Gasteiger charge is 2.45. The van der Waals surface area contributed by atoms with E-state index < -0.39 is 13.0 Å². The molecule has 0 spiro atoms. The first-order valence-electron chi connectivity index (χ1n) is 4.83. The molecule has 0 amide bonds. The van der Waals surface area contributed by atoms with Crippen LogP contribution in [-0.4, -0.2) is 29.0 Å². The zero-order valence-electron chi connectivity index (χ0n) is 8.76. The molecule has 0 fully saturated rings. The summed E-state index contributed by atoms with van der Waals surface area (Å²) in [6.45, 7) is 2.77. The first-order chi connectivity index (χ1) is 5.45. The second-order valence-corrected chi connectivity index (χ2v) is 3.20. The average Bonchev–Trinajstić information content (AvgIpc) is 2.12. The first-order valence-corrected chi connectivity index (χ1v) is 3.23. The van der Waals surface area contributed by atoms with Gasteiger partial charge in [-0.15, -0.1) is 0 Å². The van der Waals surface area contributed by atoms with Crippen LogP contribution in [0.15, 0.2) is 0 Å². The lowest BCUT2D eigenvalue weighted by atomic mass is 9.92. The van der Waals surface area contributed by atoms with Gasteiger partial charge in [-0.05, 0) is 13.8 Å². The molecule has 1 N–H and O–H groups in total. The largest absolute Gasteiger partial charge is 0.304 e. The molecule has 2 nitrogen and oxygen atoms in total. The molecule has 2 aliphatic rings. The third kappa shape index (κ3) is 0.533. The molecule has 0 saturated heterocycles. The standard InChI is InChI=1S/C7H12N2/c1-7(2)5-6-8-3-4-9(6)7/h3-5H2,1-2H3/p+1/i3T,4T/hT. The average molecular weight is 131 g/mol. The van der Waals surface area contributed by atoms with E-state index in [1.54, 1.807) is 0 Å². The maximum atomic E-state index is 7.67. The van der Waals surface area contributed by atoms with E-state index in [-0.39, 0.29) is 5.54 Å². The van der Waals surface area contributed by atoms with Crippen molar-refractivity contribution in [3.63, 3.8) is 0 Å². The fourth-order valence-corrected chi connectivity index (χ4v) is 1.40. The molecule has 2 atom stereocenters. The third-order valence-electron chi connectivity index (χ3n) is 1.96. The number of nitrogens with zero attached hydrogens (tertiary/aromatic N) is 1. The molecular formula is C7H13N2+. The lowest BCUT2D eigenvalue weighted by molar-refractivity contribution is -0.618. The molecule has 2 heterocycles. The van der Waals surface area contributed by atoms with Gasteiger partial charge >= 0.3 is 1.41 Å². The van der Waals surface area contributed by atoms with E-state index in [4.69, 9.17) is 4.15 Å². The van der Waals surface area contributed by atoms with Crippen LogP contribution < -0.4 is 5.31 Å². The Balaban J connectivity index is 2.35. The molecule has 0 radical (unpaired) electrons. The van der Waals surface area contributed by atoms with Crippen molar-refractivity contribution in [2.75, 3.05) is 13.0 Å². The van der Waals surface area contributed by atoms with Gasteiger partial charge in [0, 0.05) is 0 Å². The Bertz CT molecular complexity index is 261. The molecule has 2 rings (SSSR count). The molecule has 2 unspecified atom stereocenters. The Kier molecular flexibility index (Phi) is 0.441. The maximum Gasteiger partial charge on any atom is 0.304 e. The summed E-state index contributed by atoms with van der Waals surface area (Å²) < 4.78 is 24.5. The predicted octanol–water partition coefficient (Wildman–Crippen LogP) is 0.183. The first kappa shape index (κ1) is 3.04. The molecule has 2 aliphatic heterocycles. The van der Waals surface area contributed by atoms with Crippen molar-refractivity contribution in [1.29, 1.82) is 0 Å². The molecule has 9 heavy (non-hydrogen) atoms. The van der Waals surface area contributed by atoms with Gasteiger partial charge < -0.3 is 0 Å². The number of rotatable bonds is 0. The summed E-state index contributed by atoms with van der Waals surface area (Å²) in [5, 5.41) is 1.16. The highest BCUT2D eigenvalue weighted by Crippen LogP contribution is 2.25. The van der Waals surface area contributed by atoms with E-state index in [0.717, 1.165) is 17.6 Å². The van der Waals surface area contributed by atoms with Crippen molar-refractivity contribution in [2.45, 2.75) is 25.8 Å².